The summed E-state index contributed by atoms with van der Waals surface area (Å²) in [7, 11) is 0. The van der Waals surface area contributed by atoms with Crippen molar-refractivity contribution in [1.29, 1.82) is 0 Å². The van der Waals surface area contributed by atoms with E-state index in [4.69, 9.17) is 9.47 Å². The third-order valence-corrected chi connectivity index (χ3v) is 7.18. The molecule has 0 aromatic carbocycles. The lowest BCUT2D eigenvalue weighted by molar-refractivity contribution is -0.150. The second-order valence-electron chi connectivity index (χ2n) is 9.52. The molecule has 6 nitrogen and oxygen atoms in total. The maximum atomic E-state index is 12.8. The zero-order valence-corrected chi connectivity index (χ0v) is 17.6. The number of hydrogen-bond donors (Lipinski definition) is 1. The van der Waals surface area contributed by atoms with Gasteiger partial charge in [0.15, 0.2) is 6.61 Å². The molecule has 0 saturated heterocycles. The molecule has 1 aromatic rings. The Morgan fingerprint density at radius 1 is 0.931 bits per heavy atom. The van der Waals surface area contributed by atoms with E-state index in [0.717, 1.165) is 37.0 Å². The Bertz CT molecular complexity index is 801. The highest BCUT2D eigenvalue weighted by molar-refractivity contribution is 6.09. The molecular weight excluding hydrogens is 370 g/mol. The number of aryl methyl sites for hydroxylation is 2. The van der Waals surface area contributed by atoms with Gasteiger partial charge in [-0.1, -0.05) is 0 Å². The summed E-state index contributed by atoms with van der Waals surface area (Å²) < 4.78 is 10.5. The largest absolute Gasteiger partial charge is 0.462 e. The van der Waals surface area contributed by atoms with E-state index in [1.165, 1.54) is 19.3 Å². The van der Waals surface area contributed by atoms with Gasteiger partial charge in [-0.2, -0.15) is 0 Å². The van der Waals surface area contributed by atoms with Crippen LogP contribution in [0.5, 0.6) is 0 Å². The predicted molar refractivity (Wildman–Crippen MR) is 107 cm³/mol. The Morgan fingerprint density at radius 2 is 1.48 bits per heavy atom. The van der Waals surface area contributed by atoms with E-state index in [2.05, 4.69) is 4.98 Å². The lowest BCUT2D eigenvalue weighted by Crippen LogP contribution is -2.47. The van der Waals surface area contributed by atoms with Gasteiger partial charge in [-0.05, 0) is 82.5 Å². The maximum Gasteiger partial charge on any atom is 0.340 e. The van der Waals surface area contributed by atoms with E-state index in [1.54, 1.807) is 20.8 Å². The summed E-state index contributed by atoms with van der Waals surface area (Å²) in [5, 5.41) is 0. The fourth-order valence-electron chi connectivity index (χ4n) is 6.67. The fourth-order valence-corrected chi connectivity index (χ4v) is 6.67. The molecule has 0 aliphatic heterocycles. The number of aromatic amines is 1. The Morgan fingerprint density at radius 3 is 2.03 bits per heavy atom. The van der Waals surface area contributed by atoms with Crippen LogP contribution in [0.4, 0.5) is 0 Å². The number of ether oxygens (including phenoxy) is 2. The van der Waals surface area contributed by atoms with Crippen LogP contribution < -0.4 is 0 Å². The number of aromatic nitrogens is 1. The summed E-state index contributed by atoms with van der Waals surface area (Å²) >= 11 is 0. The van der Waals surface area contributed by atoms with E-state index in [0.29, 0.717) is 17.8 Å². The van der Waals surface area contributed by atoms with Crippen molar-refractivity contribution in [2.75, 3.05) is 13.2 Å². The number of rotatable bonds is 7. The van der Waals surface area contributed by atoms with Crippen molar-refractivity contribution in [3.8, 4) is 0 Å². The van der Waals surface area contributed by atoms with Crippen LogP contribution in [0.2, 0.25) is 0 Å². The molecule has 1 heterocycles. The van der Waals surface area contributed by atoms with Crippen LogP contribution in [-0.4, -0.2) is 35.9 Å². The van der Waals surface area contributed by atoms with Gasteiger partial charge in [-0.25, -0.2) is 4.79 Å². The normalized spacial score (nSPS) is 29.7. The van der Waals surface area contributed by atoms with Crippen LogP contribution in [0.1, 0.15) is 84.0 Å². The molecule has 5 rings (SSSR count). The first-order valence-corrected chi connectivity index (χ1v) is 10.9. The van der Waals surface area contributed by atoms with Crippen LogP contribution in [0.15, 0.2) is 0 Å². The molecule has 0 radical (unpaired) electrons. The van der Waals surface area contributed by atoms with Gasteiger partial charge >= 0.3 is 11.9 Å². The molecule has 0 amide bonds. The van der Waals surface area contributed by atoms with E-state index in [1.807, 2.05) is 0 Å². The average Bonchev–Trinajstić information content (AvgIpc) is 2.92. The lowest BCUT2D eigenvalue weighted by Gasteiger charge is -2.56. The van der Waals surface area contributed by atoms with Gasteiger partial charge in [-0.15, -0.1) is 0 Å². The minimum Gasteiger partial charge on any atom is -0.462 e. The molecule has 0 spiro atoms. The summed E-state index contributed by atoms with van der Waals surface area (Å²) in [5.41, 5.74) is 1.78. The number of ketones is 1. The summed E-state index contributed by atoms with van der Waals surface area (Å²) in [6, 6.07) is 0. The molecule has 158 valence electrons. The van der Waals surface area contributed by atoms with Crippen molar-refractivity contribution < 1.29 is 23.9 Å². The van der Waals surface area contributed by atoms with E-state index in [-0.39, 0.29) is 41.5 Å². The van der Waals surface area contributed by atoms with Gasteiger partial charge in [0.05, 0.1) is 24.2 Å². The molecule has 29 heavy (non-hydrogen) atoms. The van der Waals surface area contributed by atoms with Crippen LogP contribution in [0.3, 0.4) is 0 Å². The summed E-state index contributed by atoms with van der Waals surface area (Å²) in [5.74, 6) is 1.13. The van der Waals surface area contributed by atoms with Gasteiger partial charge in [0, 0.05) is 11.4 Å². The quantitative estimate of drug-likeness (QED) is 0.548. The number of nitrogens with one attached hydrogen (secondary N) is 1. The number of carbonyl (C=O) groups is 3. The van der Waals surface area contributed by atoms with Crippen molar-refractivity contribution in [3.05, 3.63) is 22.5 Å². The Balaban J connectivity index is 1.39. The minimum atomic E-state index is -0.530. The highest BCUT2D eigenvalue weighted by Gasteiger charge is 2.51. The van der Waals surface area contributed by atoms with Crippen LogP contribution in [0.25, 0.3) is 0 Å². The molecule has 0 atom stereocenters. The molecule has 4 fully saturated rings. The van der Waals surface area contributed by atoms with Crippen molar-refractivity contribution in [1.82, 2.24) is 4.98 Å². The lowest BCUT2D eigenvalue weighted by atomic mass is 9.49. The molecule has 4 aliphatic rings. The minimum absolute atomic E-state index is 0.0889. The summed E-state index contributed by atoms with van der Waals surface area (Å²) in [6.07, 6.45) is 7.79. The second kappa shape index (κ2) is 7.62. The highest BCUT2D eigenvalue weighted by atomic mass is 16.5. The Hall–Kier alpha value is -2.11. The molecule has 0 unspecified atom stereocenters. The standard InChI is InChI=1S/C23H31NO5/c1-4-28-22(27)21-14(3)24-13(2)20(21)18(25)12-29-19(26)11-23-8-15-5-16(9-23)7-17(6-15)10-23/h15-17,24H,4-12H2,1-3H3. The van der Waals surface area contributed by atoms with Gasteiger partial charge in [-0.3, -0.25) is 9.59 Å². The number of Topliss-reactive ketones (excluding diaryl/α,β-unsaturated/α-hetero) is 1. The molecule has 4 saturated carbocycles. The summed E-state index contributed by atoms with van der Waals surface area (Å²) in [4.78, 5) is 40.7. The molecule has 4 bridgehead atoms. The fraction of sp³-hybridized carbons (Fsp3) is 0.696. The SMILES string of the molecule is CCOC(=O)c1c(C)[nH]c(C)c1C(=O)COC(=O)CC12CC3CC(CC(C3)C1)C2. The molecule has 1 N–H and O–H groups in total. The monoisotopic (exact) mass is 401 g/mol. The topological polar surface area (TPSA) is 85.5 Å². The van der Waals surface area contributed by atoms with Crippen LogP contribution >= 0.6 is 0 Å². The zero-order valence-electron chi connectivity index (χ0n) is 17.6. The van der Waals surface area contributed by atoms with Crippen LogP contribution in [0, 0.1) is 37.0 Å². The number of carbonyl (C=O) groups excluding carboxylic acids is 3. The smallest absolute Gasteiger partial charge is 0.340 e. The van der Waals surface area contributed by atoms with Crippen molar-refractivity contribution in [2.45, 2.75) is 65.7 Å². The van der Waals surface area contributed by atoms with E-state index >= 15 is 0 Å². The molecule has 1 aromatic heterocycles. The maximum absolute atomic E-state index is 12.8. The highest BCUT2D eigenvalue weighted by Crippen LogP contribution is 2.61. The van der Waals surface area contributed by atoms with Crippen molar-refractivity contribution in [2.24, 2.45) is 23.2 Å². The third kappa shape index (κ3) is 3.86. The molecular formula is C23H31NO5. The Kier molecular flexibility index (Phi) is 5.30. The molecule has 4 aliphatic carbocycles. The average molecular weight is 402 g/mol. The number of H-pyrrole nitrogens is 1. The Labute approximate surface area is 171 Å². The predicted octanol–water partition coefficient (Wildman–Crippen LogP) is 4.14. The number of esters is 2. The van der Waals surface area contributed by atoms with Crippen molar-refractivity contribution >= 4 is 17.7 Å². The second-order valence-corrected chi connectivity index (χ2v) is 9.52. The van der Waals surface area contributed by atoms with Crippen LogP contribution in [-0.2, 0) is 14.3 Å². The first kappa shape index (κ1) is 20.2. The van der Waals surface area contributed by atoms with E-state index in [9.17, 15) is 14.4 Å². The third-order valence-electron chi connectivity index (χ3n) is 7.18. The first-order valence-electron chi connectivity index (χ1n) is 10.9. The van der Waals surface area contributed by atoms with Gasteiger partial charge < -0.3 is 14.5 Å². The summed E-state index contributed by atoms with van der Waals surface area (Å²) in [6.45, 7) is 5.09. The van der Waals surface area contributed by atoms with Crippen molar-refractivity contribution in [3.63, 3.8) is 0 Å². The van der Waals surface area contributed by atoms with E-state index < -0.39 is 5.97 Å². The van der Waals surface area contributed by atoms with Gasteiger partial charge in [0.25, 0.3) is 0 Å². The van der Waals surface area contributed by atoms with Gasteiger partial charge in [0.1, 0.15) is 0 Å². The first-order chi connectivity index (χ1) is 13.8. The number of hydrogen-bond acceptors (Lipinski definition) is 5. The van der Waals surface area contributed by atoms with Gasteiger partial charge in [0.2, 0.25) is 5.78 Å². The molecule has 6 heteroatoms. The zero-order chi connectivity index (χ0) is 20.8.